The molecular formula is C21H25N3O3S. The molecule has 0 atom stereocenters. The molecule has 0 spiro atoms. The van der Waals surface area contributed by atoms with Gasteiger partial charge in [0.1, 0.15) is 0 Å². The monoisotopic (exact) mass is 399 g/mol. The Morgan fingerprint density at radius 3 is 2.36 bits per heavy atom. The molecule has 1 saturated heterocycles. The summed E-state index contributed by atoms with van der Waals surface area (Å²) in [5, 5.41) is 0. The van der Waals surface area contributed by atoms with Crippen molar-refractivity contribution in [2.24, 2.45) is 0 Å². The number of piperazine rings is 1. The third-order valence-electron chi connectivity index (χ3n) is 5.37. The summed E-state index contributed by atoms with van der Waals surface area (Å²) in [6.45, 7) is 3.39. The third kappa shape index (κ3) is 4.43. The summed E-state index contributed by atoms with van der Waals surface area (Å²) in [4.78, 5) is 17.2. The molecule has 2 aromatic rings. The first kappa shape index (κ1) is 19.1. The van der Waals surface area contributed by atoms with Gasteiger partial charge in [0.25, 0.3) is 5.91 Å². The number of carbonyl (C=O) groups is 1. The van der Waals surface area contributed by atoms with Gasteiger partial charge in [-0.25, -0.2) is 13.1 Å². The Morgan fingerprint density at radius 2 is 1.68 bits per heavy atom. The van der Waals surface area contributed by atoms with Gasteiger partial charge in [0.2, 0.25) is 10.0 Å². The number of hydrogen-bond acceptors (Lipinski definition) is 4. The average Bonchev–Trinajstić information content (AvgIpc) is 3.58. The largest absolute Gasteiger partial charge is 0.336 e. The lowest BCUT2D eigenvalue weighted by molar-refractivity contribution is 0.0627. The van der Waals surface area contributed by atoms with Crippen LogP contribution in [0.3, 0.4) is 0 Å². The number of nitrogens with one attached hydrogen (secondary N) is 1. The molecule has 0 bridgehead atoms. The smallest absolute Gasteiger partial charge is 0.253 e. The van der Waals surface area contributed by atoms with E-state index in [2.05, 4.69) is 9.62 Å². The topological polar surface area (TPSA) is 69.7 Å². The summed E-state index contributed by atoms with van der Waals surface area (Å²) < 4.78 is 27.9. The second-order valence-electron chi connectivity index (χ2n) is 7.40. The molecule has 2 fully saturated rings. The molecule has 1 heterocycles. The highest BCUT2D eigenvalue weighted by atomic mass is 32.2. The second-order valence-corrected chi connectivity index (χ2v) is 9.16. The highest BCUT2D eigenvalue weighted by Gasteiger charge is 2.32. The number of carbonyl (C=O) groups excluding carboxylic acids is 1. The first-order chi connectivity index (χ1) is 13.5. The minimum atomic E-state index is -3.69. The van der Waals surface area contributed by atoms with Crippen molar-refractivity contribution in [3.63, 3.8) is 0 Å². The molecule has 1 aliphatic carbocycles. The van der Waals surface area contributed by atoms with Crippen LogP contribution in [0.1, 0.15) is 28.8 Å². The van der Waals surface area contributed by atoms with Crippen LogP contribution in [0.25, 0.3) is 0 Å². The van der Waals surface area contributed by atoms with Crippen LogP contribution in [-0.2, 0) is 16.6 Å². The van der Waals surface area contributed by atoms with Crippen molar-refractivity contribution in [1.29, 1.82) is 0 Å². The molecule has 6 nitrogen and oxygen atoms in total. The van der Waals surface area contributed by atoms with Gasteiger partial charge in [-0.3, -0.25) is 9.69 Å². The SMILES string of the molecule is O=C(c1cccc(S(=O)(=O)NCc2ccccc2)c1)N1CCN(C2CC2)CC1. The van der Waals surface area contributed by atoms with Gasteiger partial charge in [0.15, 0.2) is 0 Å². The van der Waals surface area contributed by atoms with Gasteiger partial charge in [0, 0.05) is 44.3 Å². The van der Waals surface area contributed by atoms with E-state index in [0.29, 0.717) is 24.7 Å². The molecule has 1 amide bonds. The minimum absolute atomic E-state index is 0.101. The summed E-state index contributed by atoms with van der Waals surface area (Å²) in [5.41, 5.74) is 1.30. The first-order valence-corrected chi connectivity index (χ1v) is 11.2. The molecule has 1 saturated carbocycles. The van der Waals surface area contributed by atoms with Crippen molar-refractivity contribution >= 4 is 15.9 Å². The van der Waals surface area contributed by atoms with Crippen molar-refractivity contribution in [3.05, 3.63) is 65.7 Å². The van der Waals surface area contributed by atoms with Crippen LogP contribution in [0.4, 0.5) is 0 Å². The van der Waals surface area contributed by atoms with Crippen LogP contribution >= 0.6 is 0 Å². The van der Waals surface area contributed by atoms with Gasteiger partial charge in [0.05, 0.1) is 4.90 Å². The summed E-state index contributed by atoms with van der Waals surface area (Å²) >= 11 is 0. The second kappa shape index (κ2) is 8.03. The van der Waals surface area contributed by atoms with Crippen molar-refractivity contribution in [1.82, 2.24) is 14.5 Å². The number of rotatable bonds is 6. The number of nitrogens with zero attached hydrogens (tertiary/aromatic N) is 2. The number of hydrogen-bond donors (Lipinski definition) is 1. The van der Waals surface area contributed by atoms with Gasteiger partial charge in [-0.1, -0.05) is 36.4 Å². The number of amides is 1. The predicted octanol–water partition coefficient (Wildman–Crippen LogP) is 2.09. The molecular weight excluding hydrogens is 374 g/mol. The molecule has 148 valence electrons. The van der Waals surface area contributed by atoms with Gasteiger partial charge >= 0.3 is 0 Å². The molecule has 0 radical (unpaired) electrons. The highest BCUT2D eigenvalue weighted by molar-refractivity contribution is 7.89. The Morgan fingerprint density at radius 1 is 0.964 bits per heavy atom. The molecule has 1 aliphatic heterocycles. The van der Waals surface area contributed by atoms with Crippen LogP contribution in [0.5, 0.6) is 0 Å². The third-order valence-corrected chi connectivity index (χ3v) is 6.76. The quantitative estimate of drug-likeness (QED) is 0.808. The van der Waals surface area contributed by atoms with Gasteiger partial charge < -0.3 is 4.90 Å². The zero-order valence-electron chi connectivity index (χ0n) is 15.8. The van der Waals surface area contributed by atoms with E-state index in [0.717, 1.165) is 18.7 Å². The molecule has 0 unspecified atom stereocenters. The zero-order valence-corrected chi connectivity index (χ0v) is 16.6. The van der Waals surface area contributed by atoms with Crippen molar-refractivity contribution in [3.8, 4) is 0 Å². The van der Waals surface area contributed by atoms with Crippen LogP contribution in [0, 0.1) is 0 Å². The Balaban J connectivity index is 1.42. The first-order valence-electron chi connectivity index (χ1n) is 9.70. The Bertz CT molecular complexity index is 934. The predicted molar refractivity (Wildman–Crippen MR) is 107 cm³/mol. The van der Waals surface area contributed by atoms with Crippen LogP contribution in [0.15, 0.2) is 59.5 Å². The molecule has 2 aromatic carbocycles. The van der Waals surface area contributed by atoms with E-state index >= 15 is 0 Å². The Labute approximate surface area is 166 Å². The van der Waals surface area contributed by atoms with E-state index in [1.54, 1.807) is 12.1 Å². The van der Waals surface area contributed by atoms with E-state index < -0.39 is 10.0 Å². The lowest BCUT2D eigenvalue weighted by Crippen LogP contribution is -2.49. The average molecular weight is 400 g/mol. The summed E-state index contributed by atoms with van der Waals surface area (Å²) in [5.74, 6) is -0.101. The lowest BCUT2D eigenvalue weighted by Gasteiger charge is -2.34. The highest BCUT2D eigenvalue weighted by Crippen LogP contribution is 2.27. The molecule has 0 aromatic heterocycles. The van der Waals surface area contributed by atoms with Crippen LogP contribution < -0.4 is 4.72 Å². The van der Waals surface area contributed by atoms with E-state index in [4.69, 9.17) is 0 Å². The van der Waals surface area contributed by atoms with Crippen LogP contribution in [-0.4, -0.2) is 56.3 Å². The fourth-order valence-electron chi connectivity index (χ4n) is 3.57. The molecule has 4 rings (SSSR count). The Hall–Kier alpha value is -2.22. The fourth-order valence-corrected chi connectivity index (χ4v) is 4.63. The summed E-state index contributed by atoms with van der Waals surface area (Å²) in [7, 11) is -3.69. The van der Waals surface area contributed by atoms with Crippen molar-refractivity contribution < 1.29 is 13.2 Å². The maximum atomic E-state index is 12.8. The molecule has 2 aliphatic rings. The van der Waals surface area contributed by atoms with E-state index in [9.17, 15) is 13.2 Å². The van der Waals surface area contributed by atoms with E-state index in [1.807, 2.05) is 35.2 Å². The normalized spacial score (nSPS) is 18.2. The van der Waals surface area contributed by atoms with Crippen molar-refractivity contribution in [2.45, 2.75) is 30.3 Å². The van der Waals surface area contributed by atoms with Crippen LogP contribution in [0.2, 0.25) is 0 Å². The molecule has 28 heavy (non-hydrogen) atoms. The summed E-state index contributed by atoms with van der Waals surface area (Å²) in [6, 6.07) is 16.4. The molecule has 7 heteroatoms. The van der Waals surface area contributed by atoms with E-state index in [-0.39, 0.29) is 17.3 Å². The maximum Gasteiger partial charge on any atom is 0.253 e. The molecule has 1 N–H and O–H groups in total. The van der Waals surface area contributed by atoms with Gasteiger partial charge in [-0.15, -0.1) is 0 Å². The number of benzene rings is 2. The summed E-state index contributed by atoms with van der Waals surface area (Å²) in [6.07, 6.45) is 2.54. The van der Waals surface area contributed by atoms with E-state index in [1.165, 1.54) is 25.0 Å². The maximum absolute atomic E-state index is 12.8. The minimum Gasteiger partial charge on any atom is -0.336 e. The lowest BCUT2D eigenvalue weighted by atomic mass is 10.2. The Kier molecular flexibility index (Phi) is 5.48. The van der Waals surface area contributed by atoms with Crippen molar-refractivity contribution in [2.75, 3.05) is 26.2 Å². The van der Waals surface area contributed by atoms with Gasteiger partial charge in [-0.05, 0) is 36.6 Å². The number of sulfonamides is 1. The standard InChI is InChI=1S/C21H25N3O3S/c25-21(24-13-11-23(12-14-24)19-9-10-19)18-7-4-8-20(15-18)28(26,27)22-16-17-5-2-1-3-6-17/h1-8,15,19,22H,9-14,16H2. The van der Waals surface area contributed by atoms with Gasteiger partial charge in [-0.2, -0.15) is 0 Å². The fraction of sp³-hybridized carbons (Fsp3) is 0.381. The zero-order chi connectivity index (χ0) is 19.6.